The smallest absolute Gasteiger partial charge is 0.323 e. The van der Waals surface area contributed by atoms with Crippen molar-refractivity contribution in [3.8, 4) is 5.69 Å². The van der Waals surface area contributed by atoms with E-state index in [1.54, 1.807) is 25.1 Å². The lowest BCUT2D eigenvalue weighted by Gasteiger charge is -2.61. The number of hydrogen-bond acceptors (Lipinski definition) is 6. The van der Waals surface area contributed by atoms with Crippen LogP contribution in [0.4, 0.5) is 14.9 Å². The number of halogens is 2. The van der Waals surface area contributed by atoms with Gasteiger partial charge < -0.3 is 14.6 Å². The Bertz CT molecular complexity index is 1130. The van der Waals surface area contributed by atoms with E-state index in [4.69, 9.17) is 16.0 Å². The number of rotatable bonds is 3. The number of nitrogens with one attached hydrogen (secondary N) is 1. The summed E-state index contributed by atoms with van der Waals surface area (Å²) in [6, 6.07) is 4.76. The van der Waals surface area contributed by atoms with E-state index in [0.717, 1.165) is 25.5 Å². The van der Waals surface area contributed by atoms with E-state index in [1.165, 1.54) is 4.68 Å². The number of likely N-dealkylation sites (tertiary alicyclic amines) is 1. The third kappa shape index (κ3) is 2.94. The van der Waals surface area contributed by atoms with Crippen LogP contribution in [0, 0.1) is 18.8 Å². The molecule has 9 nitrogen and oxygen atoms in total. The molecule has 1 unspecified atom stereocenters. The van der Waals surface area contributed by atoms with Crippen molar-refractivity contribution in [1.82, 2.24) is 30.1 Å². The summed E-state index contributed by atoms with van der Waals surface area (Å²) >= 11 is 6.21. The van der Waals surface area contributed by atoms with Gasteiger partial charge in [-0.15, -0.1) is 10.2 Å². The van der Waals surface area contributed by atoms with Crippen molar-refractivity contribution in [3.63, 3.8) is 0 Å². The van der Waals surface area contributed by atoms with Crippen LogP contribution in [0.2, 0.25) is 5.02 Å². The highest BCUT2D eigenvalue weighted by molar-refractivity contribution is 6.32. The van der Waals surface area contributed by atoms with E-state index in [1.807, 2.05) is 4.90 Å². The molecule has 30 heavy (non-hydrogen) atoms. The van der Waals surface area contributed by atoms with E-state index in [9.17, 15) is 9.18 Å². The van der Waals surface area contributed by atoms with Gasteiger partial charge in [-0.3, -0.25) is 0 Å². The third-order valence-electron chi connectivity index (χ3n) is 5.81. The van der Waals surface area contributed by atoms with Crippen molar-refractivity contribution in [1.29, 1.82) is 0 Å². The topological polar surface area (TPSA) is 102 Å². The van der Waals surface area contributed by atoms with E-state index in [0.29, 0.717) is 34.1 Å². The van der Waals surface area contributed by atoms with Crippen LogP contribution in [-0.2, 0) is 5.54 Å². The van der Waals surface area contributed by atoms with E-state index in [2.05, 4.69) is 32.7 Å². The van der Waals surface area contributed by atoms with Gasteiger partial charge in [0.15, 0.2) is 0 Å². The predicted molar refractivity (Wildman–Crippen MR) is 105 cm³/mol. The highest BCUT2D eigenvalue weighted by Gasteiger charge is 2.62. The molecule has 156 valence electrons. The number of hydrogen-bond donors (Lipinski definition) is 1. The molecule has 1 saturated heterocycles. The molecule has 2 aromatic heterocycles. The van der Waals surface area contributed by atoms with Crippen LogP contribution in [0.25, 0.3) is 5.69 Å². The Balaban J connectivity index is 1.43. The van der Waals surface area contributed by atoms with Crippen LogP contribution in [0.5, 0.6) is 0 Å². The molecule has 11 heteroatoms. The lowest BCUT2D eigenvalue weighted by atomic mass is 9.64. The molecular weight excluding hydrogens is 413 g/mol. The Kier molecular flexibility index (Phi) is 4.28. The molecule has 3 atom stereocenters. The fourth-order valence-electron chi connectivity index (χ4n) is 4.74. The number of fused-ring (bicyclic) bond motifs is 2. The Hall–Kier alpha value is -3.01. The molecule has 1 aliphatic heterocycles. The molecule has 1 N–H and O–H groups in total. The Labute approximate surface area is 176 Å². The second-order valence-electron chi connectivity index (χ2n) is 8.01. The predicted octanol–water partition coefficient (Wildman–Crippen LogP) is 3.68. The Morgan fingerprint density at radius 3 is 2.87 bits per heavy atom. The van der Waals surface area contributed by atoms with Crippen molar-refractivity contribution >= 4 is 23.3 Å². The molecular formula is C19H19ClFN7O2. The largest absolute Gasteiger partial charge is 0.423 e. The minimum atomic E-state index is -0.722. The number of nitrogens with zero attached hydrogens (tertiary/aromatic N) is 6. The minimum Gasteiger partial charge on any atom is -0.423 e. The van der Waals surface area contributed by atoms with Gasteiger partial charge in [-0.2, -0.15) is 4.39 Å². The van der Waals surface area contributed by atoms with Gasteiger partial charge in [0.25, 0.3) is 5.95 Å². The van der Waals surface area contributed by atoms with E-state index < -0.39 is 11.5 Å². The fourth-order valence-corrected chi connectivity index (χ4v) is 4.95. The maximum atomic E-state index is 13.2. The van der Waals surface area contributed by atoms with Crippen molar-refractivity contribution < 1.29 is 13.6 Å². The van der Waals surface area contributed by atoms with Crippen molar-refractivity contribution in [2.75, 3.05) is 5.32 Å². The molecule has 2 aliphatic rings. The first-order valence-electron chi connectivity index (χ1n) is 9.64. The number of benzene rings is 1. The summed E-state index contributed by atoms with van der Waals surface area (Å²) in [6.07, 6.45) is 3.60. The maximum absolute atomic E-state index is 13.2. The second kappa shape index (κ2) is 6.76. The number of aromatic nitrogens is 5. The molecule has 3 aromatic rings. The van der Waals surface area contributed by atoms with E-state index >= 15 is 0 Å². The third-order valence-corrected chi connectivity index (χ3v) is 6.13. The number of amides is 2. The first kappa shape index (κ1) is 19.0. The number of carbonyl (C=O) groups excluding carboxylic acids is 1. The second-order valence-corrected chi connectivity index (χ2v) is 8.42. The molecule has 2 fully saturated rings. The number of aryl methyl sites for hydroxylation is 1. The fraction of sp³-hybridized carbons (Fsp3) is 0.421. The zero-order chi connectivity index (χ0) is 21.0. The highest BCUT2D eigenvalue weighted by atomic mass is 35.5. The normalized spacial score (nSPS) is 25.1. The summed E-state index contributed by atoms with van der Waals surface area (Å²) in [5.74, 6) is 0.681. The Morgan fingerprint density at radius 2 is 2.17 bits per heavy atom. The molecule has 3 heterocycles. The maximum Gasteiger partial charge on any atom is 0.323 e. The van der Waals surface area contributed by atoms with E-state index in [-0.39, 0.29) is 12.1 Å². The summed E-state index contributed by atoms with van der Waals surface area (Å²) in [5.41, 5.74) is 0.327. The van der Waals surface area contributed by atoms with Crippen LogP contribution < -0.4 is 5.32 Å². The van der Waals surface area contributed by atoms with Gasteiger partial charge in [0.1, 0.15) is 5.54 Å². The van der Waals surface area contributed by atoms with Gasteiger partial charge >= 0.3 is 6.03 Å². The summed E-state index contributed by atoms with van der Waals surface area (Å²) < 4.78 is 20.2. The van der Waals surface area contributed by atoms with Gasteiger partial charge in [0.05, 0.1) is 16.9 Å². The minimum absolute atomic E-state index is 0.108. The quantitative estimate of drug-likeness (QED) is 0.678. The zero-order valence-corrected chi connectivity index (χ0v) is 17.1. The molecule has 0 radical (unpaired) electrons. The lowest BCUT2D eigenvalue weighted by Crippen LogP contribution is -2.70. The summed E-state index contributed by atoms with van der Waals surface area (Å²) in [6.45, 7) is 3.91. The molecule has 5 rings (SSSR count). The summed E-state index contributed by atoms with van der Waals surface area (Å²) in [5, 5.41) is 18.5. The average Bonchev–Trinajstić information content (AvgIpc) is 3.31. The van der Waals surface area contributed by atoms with Gasteiger partial charge in [-0.1, -0.05) is 28.8 Å². The summed E-state index contributed by atoms with van der Waals surface area (Å²) in [7, 11) is 0. The standard InChI is InChI=1S/C19H19ClFN7O2/c1-10-5-13-8-19(7-10,17-25-23-11(2)30-17)28(13)18(29)22-12-3-4-14(20)15(6-12)27-9-16(21)24-26-27/h3-4,6,9-10,13H,5,7-8H2,1-2H3,(H,22,29)/t10-,13-,19?/m1/s1. The number of carbonyl (C=O) groups is 1. The van der Waals surface area contributed by atoms with Gasteiger partial charge in [-0.25, -0.2) is 9.48 Å². The zero-order valence-electron chi connectivity index (χ0n) is 16.3. The van der Waals surface area contributed by atoms with Crippen LogP contribution >= 0.6 is 11.6 Å². The molecule has 0 spiro atoms. The monoisotopic (exact) mass is 431 g/mol. The van der Waals surface area contributed by atoms with Crippen molar-refractivity contribution in [2.45, 2.75) is 44.7 Å². The lowest BCUT2D eigenvalue weighted by molar-refractivity contribution is -0.110. The Morgan fingerprint density at radius 1 is 1.33 bits per heavy atom. The van der Waals surface area contributed by atoms with Gasteiger partial charge in [-0.05, 0) is 37.0 Å². The first-order chi connectivity index (χ1) is 14.4. The van der Waals surface area contributed by atoms with Crippen LogP contribution in [0.1, 0.15) is 38.0 Å². The van der Waals surface area contributed by atoms with Gasteiger partial charge in [0, 0.05) is 25.1 Å². The molecule has 1 aliphatic carbocycles. The molecule has 2 bridgehead atoms. The molecule has 1 aromatic carbocycles. The van der Waals surface area contributed by atoms with Gasteiger partial charge in [0.2, 0.25) is 11.8 Å². The van der Waals surface area contributed by atoms with Crippen LogP contribution in [-0.4, -0.2) is 42.2 Å². The van der Waals surface area contributed by atoms with Crippen molar-refractivity contribution in [2.24, 2.45) is 5.92 Å². The summed E-state index contributed by atoms with van der Waals surface area (Å²) in [4.78, 5) is 15.0. The molecule has 1 saturated carbocycles. The molecule has 2 amide bonds. The SMILES string of the molecule is Cc1nnc(C23C[C@H](C)C[C@H](C2)N3C(=O)Nc2ccc(Cl)c(-n3cc(F)nn3)c2)o1. The van der Waals surface area contributed by atoms with Crippen molar-refractivity contribution in [3.05, 3.63) is 47.1 Å². The number of anilines is 1. The van der Waals surface area contributed by atoms with Crippen LogP contribution in [0.3, 0.4) is 0 Å². The number of urea groups is 1. The highest BCUT2D eigenvalue weighted by Crippen LogP contribution is 2.55. The number of piperidine rings is 1. The average molecular weight is 432 g/mol. The first-order valence-corrected chi connectivity index (χ1v) is 10.0. The van der Waals surface area contributed by atoms with Crippen LogP contribution in [0.15, 0.2) is 28.8 Å².